The molecule has 1 amide bonds. The zero-order valence-corrected chi connectivity index (χ0v) is 6.66. The number of amides is 1. The van der Waals surface area contributed by atoms with Crippen LogP contribution in [0.2, 0.25) is 0 Å². The quantitative estimate of drug-likeness (QED) is 0.664. The zero-order chi connectivity index (χ0) is 8.97. The highest BCUT2D eigenvalue weighted by Crippen LogP contribution is 2.03. The van der Waals surface area contributed by atoms with E-state index in [4.69, 9.17) is 5.73 Å². The van der Waals surface area contributed by atoms with Crippen molar-refractivity contribution in [3.05, 3.63) is 42.2 Å². The summed E-state index contributed by atoms with van der Waals surface area (Å²) in [5.74, 6) is -0.452. The number of rotatable bonds is 3. The van der Waals surface area contributed by atoms with E-state index in [2.05, 4.69) is 11.6 Å². The topological polar surface area (TPSA) is 56.0 Å². The molecule has 0 spiro atoms. The Morgan fingerprint density at radius 2 is 2.08 bits per heavy atom. The third-order valence-corrected chi connectivity index (χ3v) is 1.52. The largest absolute Gasteiger partial charge is 0.366 e. The Hall–Kier alpha value is -1.64. The fraction of sp³-hybridized carbons (Fsp3) is 0.111. The van der Waals surface area contributed by atoms with Gasteiger partial charge >= 0.3 is 0 Å². The molecule has 0 aliphatic carbocycles. The lowest BCUT2D eigenvalue weighted by atomic mass is 10.1. The van der Waals surface area contributed by atoms with Crippen LogP contribution in [0.4, 0.5) is 0 Å². The summed E-state index contributed by atoms with van der Waals surface area (Å²) in [5, 5.41) is 0. The van der Waals surface area contributed by atoms with Crippen LogP contribution in [-0.4, -0.2) is 10.9 Å². The van der Waals surface area contributed by atoms with E-state index < -0.39 is 5.91 Å². The van der Waals surface area contributed by atoms with Crippen molar-refractivity contribution in [3.63, 3.8) is 0 Å². The Morgan fingerprint density at radius 3 is 2.58 bits per heavy atom. The first-order valence-corrected chi connectivity index (χ1v) is 3.56. The van der Waals surface area contributed by atoms with Gasteiger partial charge in [0.05, 0.1) is 0 Å². The summed E-state index contributed by atoms with van der Waals surface area (Å²) in [6.07, 6.45) is 3.84. The van der Waals surface area contributed by atoms with Crippen molar-refractivity contribution in [3.8, 4) is 0 Å². The van der Waals surface area contributed by atoms with E-state index in [1.54, 1.807) is 12.4 Å². The summed E-state index contributed by atoms with van der Waals surface area (Å²) in [7, 11) is 0. The molecule has 1 aromatic heterocycles. The van der Waals surface area contributed by atoms with Gasteiger partial charge in [-0.05, 0) is 17.7 Å². The average Bonchev–Trinajstić information content (AvgIpc) is 2.06. The van der Waals surface area contributed by atoms with Crippen LogP contribution in [-0.2, 0) is 11.2 Å². The molecule has 0 aliphatic rings. The predicted octanol–water partition coefficient (Wildman–Crippen LogP) is 0.666. The Labute approximate surface area is 70.9 Å². The molecule has 1 rings (SSSR count). The standard InChI is InChI=1S/C9H10N2O/c1-7(9(10)12)6-8-2-4-11-5-3-8/h2-5H,1,6H2,(H2,10,12). The molecule has 0 aliphatic heterocycles. The van der Waals surface area contributed by atoms with Crippen molar-refractivity contribution in [2.75, 3.05) is 0 Å². The Morgan fingerprint density at radius 1 is 1.50 bits per heavy atom. The van der Waals surface area contributed by atoms with Gasteiger partial charge in [0.25, 0.3) is 0 Å². The van der Waals surface area contributed by atoms with Gasteiger partial charge in [0.1, 0.15) is 0 Å². The Kier molecular flexibility index (Phi) is 2.58. The molecule has 0 bridgehead atoms. The first kappa shape index (κ1) is 8.46. The monoisotopic (exact) mass is 162 g/mol. The van der Waals surface area contributed by atoms with E-state index in [0.717, 1.165) is 5.56 Å². The molecule has 0 unspecified atom stereocenters. The number of carbonyl (C=O) groups is 1. The molecule has 0 atom stereocenters. The summed E-state index contributed by atoms with van der Waals surface area (Å²) >= 11 is 0. The third-order valence-electron chi connectivity index (χ3n) is 1.52. The van der Waals surface area contributed by atoms with Gasteiger partial charge in [-0.1, -0.05) is 6.58 Å². The van der Waals surface area contributed by atoms with Crippen molar-refractivity contribution in [1.29, 1.82) is 0 Å². The molecule has 1 aromatic rings. The van der Waals surface area contributed by atoms with Gasteiger partial charge in [-0.15, -0.1) is 0 Å². The molecule has 3 nitrogen and oxygen atoms in total. The average molecular weight is 162 g/mol. The molecule has 0 radical (unpaired) electrons. The summed E-state index contributed by atoms with van der Waals surface area (Å²) < 4.78 is 0. The second-order valence-corrected chi connectivity index (χ2v) is 2.50. The number of hydrogen-bond acceptors (Lipinski definition) is 2. The van der Waals surface area contributed by atoms with Gasteiger partial charge in [0, 0.05) is 24.4 Å². The van der Waals surface area contributed by atoms with E-state index >= 15 is 0 Å². The number of pyridine rings is 1. The number of hydrogen-bond donors (Lipinski definition) is 1. The Balaban J connectivity index is 2.65. The summed E-state index contributed by atoms with van der Waals surface area (Å²) in [4.78, 5) is 14.5. The molecular weight excluding hydrogens is 152 g/mol. The van der Waals surface area contributed by atoms with Crippen LogP contribution in [0.1, 0.15) is 5.56 Å². The lowest BCUT2D eigenvalue weighted by Crippen LogP contribution is -2.14. The van der Waals surface area contributed by atoms with Crippen molar-refractivity contribution < 1.29 is 4.79 Å². The smallest absolute Gasteiger partial charge is 0.244 e. The molecule has 0 fully saturated rings. The SMILES string of the molecule is C=C(Cc1ccncc1)C(N)=O. The van der Waals surface area contributed by atoms with Crippen LogP contribution in [0.25, 0.3) is 0 Å². The van der Waals surface area contributed by atoms with Gasteiger partial charge in [0.15, 0.2) is 0 Å². The third kappa shape index (κ3) is 2.20. The minimum atomic E-state index is -0.452. The van der Waals surface area contributed by atoms with Crippen LogP contribution < -0.4 is 5.73 Å². The molecule has 0 aromatic carbocycles. The van der Waals surface area contributed by atoms with Crippen LogP contribution in [0.15, 0.2) is 36.7 Å². The zero-order valence-electron chi connectivity index (χ0n) is 6.66. The van der Waals surface area contributed by atoms with E-state index in [0.29, 0.717) is 12.0 Å². The van der Waals surface area contributed by atoms with Gasteiger partial charge in [0.2, 0.25) is 5.91 Å². The minimum Gasteiger partial charge on any atom is -0.366 e. The van der Waals surface area contributed by atoms with Crippen LogP contribution in [0.5, 0.6) is 0 Å². The van der Waals surface area contributed by atoms with Crippen LogP contribution in [0, 0.1) is 0 Å². The second kappa shape index (κ2) is 3.67. The maximum Gasteiger partial charge on any atom is 0.244 e. The number of nitrogens with two attached hydrogens (primary N) is 1. The number of primary amides is 1. The first-order chi connectivity index (χ1) is 5.70. The van der Waals surface area contributed by atoms with Crippen LogP contribution in [0.3, 0.4) is 0 Å². The number of carbonyl (C=O) groups excluding carboxylic acids is 1. The second-order valence-electron chi connectivity index (χ2n) is 2.50. The van der Waals surface area contributed by atoms with Gasteiger partial charge < -0.3 is 5.73 Å². The fourth-order valence-corrected chi connectivity index (χ4v) is 0.834. The molecule has 0 saturated heterocycles. The number of aromatic nitrogens is 1. The lowest BCUT2D eigenvalue weighted by molar-refractivity contribution is -0.114. The molecule has 12 heavy (non-hydrogen) atoms. The van der Waals surface area contributed by atoms with E-state index in [9.17, 15) is 4.79 Å². The van der Waals surface area contributed by atoms with Crippen LogP contribution >= 0.6 is 0 Å². The summed E-state index contributed by atoms with van der Waals surface area (Å²) in [5.41, 5.74) is 6.44. The highest BCUT2D eigenvalue weighted by Gasteiger charge is 2.01. The maximum absolute atomic E-state index is 10.6. The molecule has 62 valence electrons. The van der Waals surface area contributed by atoms with E-state index in [1.807, 2.05) is 12.1 Å². The maximum atomic E-state index is 10.6. The van der Waals surface area contributed by atoms with Crippen molar-refractivity contribution >= 4 is 5.91 Å². The summed E-state index contributed by atoms with van der Waals surface area (Å²) in [6.45, 7) is 3.55. The normalized spacial score (nSPS) is 9.33. The molecule has 0 saturated carbocycles. The molecular formula is C9H10N2O. The van der Waals surface area contributed by atoms with E-state index in [1.165, 1.54) is 0 Å². The number of nitrogens with zero attached hydrogens (tertiary/aromatic N) is 1. The highest BCUT2D eigenvalue weighted by molar-refractivity contribution is 5.91. The van der Waals surface area contributed by atoms with Crippen molar-refractivity contribution in [2.24, 2.45) is 5.73 Å². The predicted molar refractivity (Wildman–Crippen MR) is 46.3 cm³/mol. The molecule has 3 heteroatoms. The Bertz CT molecular complexity index is 293. The lowest BCUT2D eigenvalue weighted by Gasteiger charge is -1.99. The highest BCUT2D eigenvalue weighted by atomic mass is 16.1. The first-order valence-electron chi connectivity index (χ1n) is 3.56. The summed E-state index contributed by atoms with van der Waals surface area (Å²) in [6, 6.07) is 3.66. The molecule has 1 heterocycles. The minimum absolute atomic E-state index is 0.418. The van der Waals surface area contributed by atoms with E-state index in [-0.39, 0.29) is 0 Å². The van der Waals surface area contributed by atoms with Crippen molar-refractivity contribution in [2.45, 2.75) is 6.42 Å². The molecule has 2 N–H and O–H groups in total. The van der Waals surface area contributed by atoms with Gasteiger partial charge in [-0.2, -0.15) is 0 Å². The van der Waals surface area contributed by atoms with Gasteiger partial charge in [-0.25, -0.2) is 0 Å². The van der Waals surface area contributed by atoms with Crippen molar-refractivity contribution in [1.82, 2.24) is 4.98 Å². The van der Waals surface area contributed by atoms with Gasteiger partial charge in [-0.3, -0.25) is 9.78 Å². The fourth-order valence-electron chi connectivity index (χ4n) is 0.834.